The lowest BCUT2D eigenvalue weighted by Gasteiger charge is -2.37. The zero-order valence-corrected chi connectivity index (χ0v) is 14.5. The van der Waals surface area contributed by atoms with Crippen LogP contribution in [0.25, 0.3) is 0 Å². The fourth-order valence-electron chi connectivity index (χ4n) is 3.06. The molecule has 0 saturated carbocycles. The molecule has 1 unspecified atom stereocenters. The summed E-state index contributed by atoms with van der Waals surface area (Å²) in [5, 5.41) is 0. The highest BCUT2D eigenvalue weighted by atomic mass is 16.5. The molecule has 0 spiro atoms. The Balaban J connectivity index is 2.49. The van der Waals surface area contributed by atoms with Crippen LogP contribution >= 0.6 is 0 Å². The van der Waals surface area contributed by atoms with Gasteiger partial charge in [-0.25, -0.2) is 4.79 Å². The second-order valence-corrected chi connectivity index (χ2v) is 6.35. The SMILES string of the molecule is CCOC(=O)Cc1cn2c(c1C(=O)OCC)OC(C)CC2(C)C. The number of esters is 2. The van der Waals surface area contributed by atoms with Gasteiger partial charge in [0.1, 0.15) is 5.56 Å². The number of ether oxygens (including phenoxy) is 3. The molecule has 1 aliphatic rings. The highest BCUT2D eigenvalue weighted by Crippen LogP contribution is 2.39. The number of hydrogen-bond donors (Lipinski definition) is 0. The van der Waals surface area contributed by atoms with Crippen LogP contribution in [-0.4, -0.2) is 35.8 Å². The molecule has 0 aromatic carbocycles. The van der Waals surface area contributed by atoms with Crippen molar-refractivity contribution in [3.63, 3.8) is 0 Å². The molecule has 0 fully saturated rings. The molecule has 1 aromatic rings. The summed E-state index contributed by atoms with van der Waals surface area (Å²) in [6.45, 7) is 10.2. The number of rotatable bonds is 5. The first-order valence-electron chi connectivity index (χ1n) is 8.04. The summed E-state index contributed by atoms with van der Waals surface area (Å²) in [6, 6.07) is 0. The lowest BCUT2D eigenvalue weighted by atomic mass is 9.95. The minimum absolute atomic E-state index is 0.0176. The van der Waals surface area contributed by atoms with Gasteiger partial charge < -0.3 is 18.8 Å². The summed E-state index contributed by atoms with van der Waals surface area (Å²) in [5.41, 5.74) is 0.708. The Labute approximate surface area is 136 Å². The molecule has 2 heterocycles. The fourth-order valence-corrected chi connectivity index (χ4v) is 3.06. The molecule has 6 heteroatoms. The van der Waals surface area contributed by atoms with E-state index >= 15 is 0 Å². The third kappa shape index (κ3) is 3.51. The van der Waals surface area contributed by atoms with Crippen LogP contribution in [0.2, 0.25) is 0 Å². The quantitative estimate of drug-likeness (QED) is 0.779. The molecule has 0 N–H and O–H groups in total. The van der Waals surface area contributed by atoms with E-state index in [0.29, 0.717) is 23.6 Å². The summed E-state index contributed by atoms with van der Waals surface area (Å²) in [4.78, 5) is 24.2. The van der Waals surface area contributed by atoms with Crippen LogP contribution in [0.15, 0.2) is 6.20 Å². The standard InChI is InChI=1S/C17H25NO5/c1-6-21-13(19)8-12-10-18-15(14(12)16(20)22-7-2)23-11(3)9-17(18,4)5/h10-11H,6-9H2,1-5H3. The third-order valence-corrected chi connectivity index (χ3v) is 3.91. The predicted molar refractivity (Wildman–Crippen MR) is 84.8 cm³/mol. The largest absolute Gasteiger partial charge is 0.475 e. The Kier molecular flexibility index (Phi) is 5.02. The van der Waals surface area contributed by atoms with Crippen molar-refractivity contribution < 1.29 is 23.8 Å². The monoisotopic (exact) mass is 323 g/mol. The first kappa shape index (κ1) is 17.4. The van der Waals surface area contributed by atoms with Gasteiger partial charge in [0.15, 0.2) is 0 Å². The smallest absolute Gasteiger partial charge is 0.343 e. The van der Waals surface area contributed by atoms with Crippen LogP contribution < -0.4 is 4.74 Å². The van der Waals surface area contributed by atoms with E-state index in [4.69, 9.17) is 14.2 Å². The molecule has 6 nitrogen and oxygen atoms in total. The molecule has 1 aliphatic heterocycles. The van der Waals surface area contributed by atoms with Crippen LogP contribution in [0.3, 0.4) is 0 Å². The minimum atomic E-state index is -0.467. The zero-order chi connectivity index (χ0) is 17.2. The van der Waals surface area contributed by atoms with Gasteiger partial charge in [-0.2, -0.15) is 0 Å². The topological polar surface area (TPSA) is 66.8 Å². The maximum absolute atomic E-state index is 12.4. The first-order valence-corrected chi connectivity index (χ1v) is 8.04. The molecule has 1 atom stereocenters. The molecule has 128 valence electrons. The van der Waals surface area contributed by atoms with E-state index < -0.39 is 5.97 Å². The summed E-state index contributed by atoms with van der Waals surface area (Å²) in [7, 11) is 0. The van der Waals surface area contributed by atoms with Crippen molar-refractivity contribution in [2.75, 3.05) is 13.2 Å². The third-order valence-electron chi connectivity index (χ3n) is 3.91. The van der Waals surface area contributed by atoms with E-state index in [1.807, 2.05) is 17.7 Å². The van der Waals surface area contributed by atoms with Crippen LogP contribution in [0.1, 0.15) is 57.0 Å². The number of aromatic nitrogens is 1. The maximum atomic E-state index is 12.4. The van der Waals surface area contributed by atoms with Crippen LogP contribution in [0.4, 0.5) is 0 Å². The highest BCUT2D eigenvalue weighted by molar-refractivity contribution is 5.95. The number of carbonyl (C=O) groups is 2. The van der Waals surface area contributed by atoms with Gasteiger partial charge in [0.25, 0.3) is 0 Å². The summed E-state index contributed by atoms with van der Waals surface area (Å²) in [6.07, 6.45) is 2.63. The van der Waals surface area contributed by atoms with E-state index in [2.05, 4.69) is 13.8 Å². The Morgan fingerprint density at radius 3 is 2.57 bits per heavy atom. The highest BCUT2D eigenvalue weighted by Gasteiger charge is 2.37. The van der Waals surface area contributed by atoms with E-state index in [1.54, 1.807) is 13.8 Å². The second-order valence-electron chi connectivity index (χ2n) is 6.35. The molecule has 0 saturated heterocycles. The summed E-state index contributed by atoms with van der Waals surface area (Å²) >= 11 is 0. The molecule has 0 radical (unpaired) electrons. The molecule has 0 bridgehead atoms. The number of fused-ring (bicyclic) bond motifs is 1. The number of carbonyl (C=O) groups excluding carboxylic acids is 2. The average molecular weight is 323 g/mol. The average Bonchev–Trinajstić information content (AvgIpc) is 2.77. The van der Waals surface area contributed by atoms with Gasteiger partial charge in [-0.3, -0.25) is 4.79 Å². The van der Waals surface area contributed by atoms with Crippen molar-refractivity contribution in [3.8, 4) is 5.88 Å². The van der Waals surface area contributed by atoms with Gasteiger partial charge >= 0.3 is 11.9 Å². The fraction of sp³-hybridized carbons (Fsp3) is 0.647. The Bertz CT molecular complexity index is 602. The Morgan fingerprint density at radius 2 is 1.96 bits per heavy atom. The number of hydrogen-bond acceptors (Lipinski definition) is 5. The molecule has 1 aromatic heterocycles. The predicted octanol–water partition coefficient (Wildman–Crippen LogP) is 2.68. The van der Waals surface area contributed by atoms with Crippen molar-refractivity contribution in [2.24, 2.45) is 0 Å². The molecule has 0 amide bonds. The van der Waals surface area contributed by atoms with Gasteiger partial charge in [0.2, 0.25) is 5.88 Å². The molecule has 23 heavy (non-hydrogen) atoms. The molecule has 2 rings (SSSR count). The van der Waals surface area contributed by atoms with Crippen LogP contribution in [0, 0.1) is 0 Å². The summed E-state index contributed by atoms with van der Waals surface area (Å²) in [5.74, 6) is -0.358. The van der Waals surface area contributed by atoms with Gasteiger partial charge in [0.05, 0.1) is 25.7 Å². The van der Waals surface area contributed by atoms with Crippen molar-refractivity contribution in [3.05, 3.63) is 17.3 Å². The first-order chi connectivity index (χ1) is 10.8. The van der Waals surface area contributed by atoms with Gasteiger partial charge in [-0.15, -0.1) is 0 Å². The molecular formula is C17H25NO5. The van der Waals surface area contributed by atoms with Gasteiger partial charge in [-0.1, -0.05) is 0 Å². The van der Waals surface area contributed by atoms with Gasteiger partial charge in [-0.05, 0) is 40.2 Å². The van der Waals surface area contributed by atoms with Gasteiger partial charge in [0, 0.05) is 18.2 Å². The van der Waals surface area contributed by atoms with E-state index in [1.165, 1.54) is 0 Å². The Morgan fingerprint density at radius 1 is 1.30 bits per heavy atom. The normalized spacial score (nSPS) is 18.7. The Hall–Kier alpha value is -1.98. The van der Waals surface area contributed by atoms with E-state index in [9.17, 15) is 9.59 Å². The van der Waals surface area contributed by atoms with Crippen molar-refractivity contribution in [1.82, 2.24) is 4.57 Å². The second kappa shape index (κ2) is 6.64. The number of nitrogens with zero attached hydrogens (tertiary/aromatic N) is 1. The maximum Gasteiger partial charge on any atom is 0.343 e. The minimum Gasteiger partial charge on any atom is -0.475 e. The van der Waals surface area contributed by atoms with E-state index in [0.717, 1.165) is 6.42 Å². The van der Waals surface area contributed by atoms with E-state index in [-0.39, 0.29) is 30.6 Å². The molecule has 0 aliphatic carbocycles. The van der Waals surface area contributed by atoms with Crippen molar-refractivity contribution in [1.29, 1.82) is 0 Å². The zero-order valence-electron chi connectivity index (χ0n) is 14.5. The molecular weight excluding hydrogens is 298 g/mol. The lowest BCUT2D eigenvalue weighted by Crippen LogP contribution is -2.38. The van der Waals surface area contributed by atoms with Crippen molar-refractivity contribution in [2.45, 2.75) is 59.1 Å². The lowest BCUT2D eigenvalue weighted by molar-refractivity contribution is -0.142. The van der Waals surface area contributed by atoms with Crippen LogP contribution in [0.5, 0.6) is 5.88 Å². The van der Waals surface area contributed by atoms with Crippen LogP contribution in [-0.2, 0) is 26.2 Å². The summed E-state index contributed by atoms with van der Waals surface area (Å²) < 4.78 is 18.0. The van der Waals surface area contributed by atoms with Crippen molar-refractivity contribution >= 4 is 11.9 Å².